The summed E-state index contributed by atoms with van der Waals surface area (Å²) in [6.45, 7) is 1.86. The molecule has 2 aromatic rings. The molecule has 3 atom stereocenters. The Labute approximate surface area is 200 Å². The van der Waals surface area contributed by atoms with Crippen LogP contribution in [0.2, 0.25) is 5.02 Å². The van der Waals surface area contributed by atoms with Crippen molar-refractivity contribution in [2.45, 2.75) is 31.6 Å². The van der Waals surface area contributed by atoms with E-state index in [9.17, 15) is 10.1 Å². The summed E-state index contributed by atoms with van der Waals surface area (Å²) in [4.78, 5) is 18.2. The number of nitrogens with zero attached hydrogens (tertiary/aromatic N) is 2. The minimum atomic E-state index is -0.542. The van der Waals surface area contributed by atoms with Gasteiger partial charge in [-0.25, -0.2) is 0 Å². The molecular weight excluding hydrogens is 492 g/mol. The molecule has 7 heteroatoms. The Morgan fingerprint density at radius 3 is 2.41 bits per heavy atom. The standard InChI is InChI=1S/C25H22BrClN2O3/c1-13-18(12-28)24(17-10-22(31-2)23(32-3)11-19(17)26)25-20(29-13)8-15(9-21(25)30)14-4-6-16(27)7-5-14/h4-7,10-11,15,18,24H,8-9H2,1-3H3/t15-,18?,24-/m0/s1. The van der Waals surface area contributed by atoms with Gasteiger partial charge in [-0.1, -0.05) is 39.7 Å². The minimum Gasteiger partial charge on any atom is -0.493 e. The number of rotatable bonds is 4. The number of halogens is 2. The molecule has 164 valence electrons. The third-order valence-corrected chi connectivity index (χ3v) is 7.15. The molecule has 1 aliphatic heterocycles. The molecule has 1 unspecified atom stereocenters. The lowest BCUT2D eigenvalue weighted by Crippen LogP contribution is -2.32. The maximum absolute atomic E-state index is 13.5. The molecule has 0 radical (unpaired) electrons. The van der Waals surface area contributed by atoms with Crippen molar-refractivity contribution >= 4 is 39.0 Å². The van der Waals surface area contributed by atoms with Gasteiger partial charge in [0.05, 0.1) is 26.2 Å². The average molecular weight is 514 g/mol. The van der Waals surface area contributed by atoms with Gasteiger partial charge in [-0.05, 0) is 54.7 Å². The molecule has 0 aromatic heterocycles. The highest BCUT2D eigenvalue weighted by Crippen LogP contribution is 2.49. The highest BCUT2D eigenvalue weighted by atomic mass is 79.9. The first-order valence-corrected chi connectivity index (χ1v) is 11.4. The van der Waals surface area contributed by atoms with Crippen molar-refractivity contribution in [2.24, 2.45) is 10.9 Å². The summed E-state index contributed by atoms with van der Waals surface area (Å²) in [6, 6.07) is 13.6. The third-order valence-electron chi connectivity index (χ3n) is 6.21. The predicted molar refractivity (Wildman–Crippen MR) is 128 cm³/mol. The average Bonchev–Trinajstić information content (AvgIpc) is 2.78. The van der Waals surface area contributed by atoms with E-state index in [-0.39, 0.29) is 11.7 Å². The smallest absolute Gasteiger partial charge is 0.161 e. The summed E-state index contributed by atoms with van der Waals surface area (Å²) in [5, 5.41) is 10.7. The number of ketones is 1. The van der Waals surface area contributed by atoms with Crippen LogP contribution in [-0.4, -0.2) is 25.7 Å². The highest BCUT2D eigenvalue weighted by Gasteiger charge is 2.42. The number of hydrogen-bond donors (Lipinski definition) is 0. The topological polar surface area (TPSA) is 71.7 Å². The summed E-state index contributed by atoms with van der Waals surface area (Å²) in [6.07, 6.45) is 1.01. The van der Waals surface area contributed by atoms with Crippen LogP contribution in [0, 0.1) is 17.2 Å². The van der Waals surface area contributed by atoms with Crippen LogP contribution in [0.15, 0.2) is 57.1 Å². The van der Waals surface area contributed by atoms with E-state index in [1.54, 1.807) is 14.2 Å². The Balaban J connectivity index is 1.83. The monoisotopic (exact) mass is 512 g/mol. The van der Waals surface area contributed by atoms with E-state index in [4.69, 9.17) is 26.1 Å². The van der Waals surface area contributed by atoms with Gasteiger partial charge in [0.25, 0.3) is 0 Å². The maximum Gasteiger partial charge on any atom is 0.161 e. The number of nitriles is 1. The van der Waals surface area contributed by atoms with Gasteiger partial charge in [0.1, 0.15) is 0 Å². The Kier molecular flexibility index (Phi) is 6.41. The lowest BCUT2D eigenvalue weighted by atomic mass is 9.69. The van der Waals surface area contributed by atoms with E-state index in [0.29, 0.717) is 40.6 Å². The Morgan fingerprint density at radius 2 is 1.78 bits per heavy atom. The number of benzene rings is 2. The van der Waals surface area contributed by atoms with Crippen LogP contribution in [0.25, 0.3) is 0 Å². The maximum atomic E-state index is 13.5. The van der Waals surface area contributed by atoms with Gasteiger partial charge >= 0.3 is 0 Å². The lowest BCUT2D eigenvalue weighted by Gasteiger charge is -2.35. The molecule has 2 aromatic carbocycles. The number of methoxy groups -OCH3 is 2. The second kappa shape index (κ2) is 9.09. The van der Waals surface area contributed by atoms with Crippen LogP contribution >= 0.6 is 27.5 Å². The van der Waals surface area contributed by atoms with Gasteiger partial charge in [0, 0.05) is 38.8 Å². The van der Waals surface area contributed by atoms with E-state index in [2.05, 4.69) is 22.0 Å². The number of carbonyl (C=O) groups excluding carboxylic acids is 1. The Morgan fingerprint density at radius 1 is 1.12 bits per heavy atom. The fourth-order valence-corrected chi connectivity index (χ4v) is 5.34. The molecule has 0 fully saturated rings. The molecule has 0 saturated heterocycles. The van der Waals surface area contributed by atoms with E-state index in [1.165, 1.54) is 0 Å². The van der Waals surface area contributed by atoms with Crippen LogP contribution in [0.3, 0.4) is 0 Å². The zero-order valence-corrected chi connectivity index (χ0v) is 20.3. The van der Waals surface area contributed by atoms with Gasteiger partial charge in [-0.3, -0.25) is 9.79 Å². The molecule has 1 aliphatic carbocycles. The Bertz CT molecular complexity index is 1180. The van der Waals surface area contributed by atoms with E-state index < -0.39 is 11.8 Å². The second-order valence-electron chi connectivity index (χ2n) is 8.01. The molecule has 0 spiro atoms. The van der Waals surface area contributed by atoms with Crippen molar-refractivity contribution in [3.05, 3.63) is 68.3 Å². The molecule has 0 saturated carbocycles. The molecule has 4 rings (SSSR count). The zero-order valence-electron chi connectivity index (χ0n) is 18.0. The van der Waals surface area contributed by atoms with Crippen LogP contribution < -0.4 is 9.47 Å². The van der Waals surface area contributed by atoms with Gasteiger partial charge < -0.3 is 9.47 Å². The van der Waals surface area contributed by atoms with Crippen LogP contribution in [0.5, 0.6) is 11.5 Å². The molecule has 32 heavy (non-hydrogen) atoms. The summed E-state index contributed by atoms with van der Waals surface area (Å²) >= 11 is 9.66. The number of aliphatic imine (C=N–C) groups is 1. The van der Waals surface area contributed by atoms with Crippen molar-refractivity contribution in [2.75, 3.05) is 14.2 Å². The predicted octanol–water partition coefficient (Wildman–Crippen LogP) is 6.22. The first-order valence-electron chi connectivity index (χ1n) is 10.3. The molecule has 0 amide bonds. The number of Topliss-reactive ketones (excluding diaryl/α,β-unsaturated/α-hetero) is 1. The van der Waals surface area contributed by atoms with E-state index in [0.717, 1.165) is 21.3 Å². The number of allylic oxidation sites excluding steroid dienone is 2. The van der Waals surface area contributed by atoms with Crippen molar-refractivity contribution < 1.29 is 14.3 Å². The van der Waals surface area contributed by atoms with Crippen molar-refractivity contribution in [1.82, 2.24) is 0 Å². The SMILES string of the molecule is COc1cc(Br)c([C@@H]2C3=C(C[C@H](c4ccc(Cl)cc4)CC3=O)N=C(C)C2C#N)cc1OC. The van der Waals surface area contributed by atoms with Crippen LogP contribution in [-0.2, 0) is 4.79 Å². The first-order chi connectivity index (χ1) is 15.4. The lowest BCUT2D eigenvalue weighted by molar-refractivity contribution is -0.116. The summed E-state index contributed by atoms with van der Waals surface area (Å²) in [7, 11) is 3.14. The molecule has 1 heterocycles. The van der Waals surface area contributed by atoms with Gasteiger partial charge in [0.2, 0.25) is 0 Å². The molecule has 0 N–H and O–H groups in total. The van der Waals surface area contributed by atoms with Crippen molar-refractivity contribution in [3.63, 3.8) is 0 Å². The van der Waals surface area contributed by atoms with Gasteiger partial charge in [-0.2, -0.15) is 5.26 Å². The fourth-order valence-electron chi connectivity index (χ4n) is 4.64. The summed E-state index contributed by atoms with van der Waals surface area (Å²) < 4.78 is 11.7. The summed E-state index contributed by atoms with van der Waals surface area (Å²) in [5.41, 5.74) is 3.97. The van der Waals surface area contributed by atoms with E-state index in [1.807, 2.05) is 43.3 Å². The number of ether oxygens (including phenoxy) is 2. The van der Waals surface area contributed by atoms with Crippen molar-refractivity contribution in [3.8, 4) is 17.6 Å². The van der Waals surface area contributed by atoms with Gasteiger partial charge in [0.15, 0.2) is 17.3 Å². The Hall–Kier alpha value is -2.62. The molecule has 2 aliphatic rings. The largest absolute Gasteiger partial charge is 0.493 e. The minimum absolute atomic E-state index is 0.0226. The van der Waals surface area contributed by atoms with E-state index >= 15 is 0 Å². The number of carbonyl (C=O) groups is 1. The third kappa shape index (κ3) is 3.96. The molecule has 5 nitrogen and oxygen atoms in total. The zero-order chi connectivity index (χ0) is 23.0. The van der Waals surface area contributed by atoms with Crippen molar-refractivity contribution in [1.29, 1.82) is 5.26 Å². The molecule has 0 bridgehead atoms. The first kappa shape index (κ1) is 22.6. The van der Waals surface area contributed by atoms with Crippen LogP contribution in [0.1, 0.15) is 42.7 Å². The van der Waals surface area contributed by atoms with Crippen LogP contribution in [0.4, 0.5) is 0 Å². The highest BCUT2D eigenvalue weighted by molar-refractivity contribution is 9.10. The molecular formula is C25H22BrClN2O3. The quantitative estimate of drug-likeness (QED) is 0.487. The summed E-state index contributed by atoms with van der Waals surface area (Å²) in [5.74, 6) is 0.203. The normalized spacial score (nSPS) is 22.7. The number of hydrogen-bond acceptors (Lipinski definition) is 5. The second-order valence-corrected chi connectivity index (χ2v) is 9.30. The fraction of sp³-hybridized carbons (Fsp3) is 0.320. The van der Waals surface area contributed by atoms with Gasteiger partial charge in [-0.15, -0.1) is 0 Å².